The molecule has 0 bridgehead atoms. The molecule has 2 aromatic rings. The molecule has 0 aliphatic heterocycles. The van der Waals surface area contributed by atoms with E-state index < -0.39 is 11.9 Å². The first-order chi connectivity index (χ1) is 9.95. The molecule has 0 spiro atoms. The van der Waals surface area contributed by atoms with E-state index in [4.69, 9.17) is 0 Å². The molecule has 1 N–H and O–H groups in total. The molecule has 2 rings (SSSR count). The van der Waals surface area contributed by atoms with Crippen molar-refractivity contribution in [1.82, 2.24) is 4.98 Å². The standard InChI is InChI=1S/C14H13BrN2O3S/c1-8(14-17-11(7-21-14)6-12(18)19)13(20)16-10-4-2-9(15)3-5-10/h2-5,7-8H,6H2,1H3,(H,16,20)(H,18,19)/p-1/t8-/m1/s1. The Morgan fingerprint density at radius 3 is 2.67 bits per heavy atom. The Morgan fingerprint density at radius 2 is 2.05 bits per heavy atom. The number of thiazole rings is 1. The van der Waals surface area contributed by atoms with E-state index in [1.165, 1.54) is 11.3 Å². The highest BCUT2D eigenvalue weighted by Crippen LogP contribution is 2.22. The summed E-state index contributed by atoms with van der Waals surface area (Å²) in [5.74, 6) is -1.82. The largest absolute Gasteiger partial charge is 0.550 e. The van der Waals surface area contributed by atoms with Crippen LogP contribution in [0.2, 0.25) is 0 Å². The van der Waals surface area contributed by atoms with E-state index >= 15 is 0 Å². The number of halogens is 1. The second kappa shape index (κ2) is 6.82. The fourth-order valence-corrected chi connectivity index (χ4v) is 2.78. The molecule has 0 unspecified atom stereocenters. The molecule has 0 aliphatic carbocycles. The van der Waals surface area contributed by atoms with Gasteiger partial charge in [-0.25, -0.2) is 4.98 Å². The average Bonchev–Trinajstić information content (AvgIpc) is 2.88. The van der Waals surface area contributed by atoms with Crippen molar-refractivity contribution in [2.75, 3.05) is 5.32 Å². The van der Waals surface area contributed by atoms with Crippen molar-refractivity contribution in [3.8, 4) is 0 Å². The summed E-state index contributed by atoms with van der Waals surface area (Å²) < 4.78 is 0.931. The lowest BCUT2D eigenvalue weighted by Gasteiger charge is -2.10. The number of nitrogens with zero attached hydrogens (tertiary/aromatic N) is 1. The summed E-state index contributed by atoms with van der Waals surface area (Å²) in [6, 6.07) is 7.25. The Balaban J connectivity index is 2.03. The summed E-state index contributed by atoms with van der Waals surface area (Å²) in [5.41, 5.74) is 1.11. The SMILES string of the molecule is C[C@H](C(=O)Nc1ccc(Br)cc1)c1nc(CC(=O)[O-])cs1. The maximum absolute atomic E-state index is 12.1. The molecule has 21 heavy (non-hydrogen) atoms. The van der Waals surface area contributed by atoms with Gasteiger partial charge in [-0.1, -0.05) is 15.9 Å². The number of rotatable bonds is 5. The molecule has 0 saturated heterocycles. The fourth-order valence-electron chi connectivity index (χ4n) is 1.65. The minimum absolute atomic E-state index is 0.188. The predicted molar refractivity (Wildman–Crippen MR) is 82.0 cm³/mol. The van der Waals surface area contributed by atoms with Crippen molar-refractivity contribution in [3.05, 3.63) is 44.8 Å². The Bertz CT molecular complexity index is 654. The van der Waals surface area contributed by atoms with Gasteiger partial charge >= 0.3 is 0 Å². The number of aliphatic carboxylic acids is 1. The van der Waals surface area contributed by atoms with Crippen molar-refractivity contribution in [1.29, 1.82) is 0 Å². The smallest absolute Gasteiger partial charge is 0.234 e. The third kappa shape index (κ3) is 4.37. The number of carboxylic acid groups (broad SMARTS) is 1. The van der Waals surface area contributed by atoms with Crippen LogP contribution in [0.15, 0.2) is 34.1 Å². The van der Waals surface area contributed by atoms with E-state index in [-0.39, 0.29) is 12.3 Å². The topological polar surface area (TPSA) is 82.1 Å². The van der Waals surface area contributed by atoms with E-state index in [0.29, 0.717) is 16.4 Å². The number of carbonyl (C=O) groups excluding carboxylic acids is 2. The molecule has 1 heterocycles. The molecule has 1 amide bonds. The zero-order valence-electron chi connectivity index (χ0n) is 11.1. The first kappa shape index (κ1) is 15.7. The Hall–Kier alpha value is -1.73. The lowest BCUT2D eigenvalue weighted by atomic mass is 10.1. The van der Waals surface area contributed by atoms with Crippen LogP contribution in [-0.4, -0.2) is 16.9 Å². The van der Waals surface area contributed by atoms with Gasteiger partial charge in [-0.05, 0) is 31.2 Å². The lowest BCUT2D eigenvalue weighted by molar-refractivity contribution is -0.304. The van der Waals surface area contributed by atoms with Gasteiger partial charge in [0.1, 0.15) is 5.01 Å². The zero-order valence-corrected chi connectivity index (χ0v) is 13.5. The first-order valence-electron chi connectivity index (χ1n) is 6.16. The number of carbonyl (C=O) groups is 2. The average molecular weight is 368 g/mol. The number of anilines is 1. The van der Waals surface area contributed by atoms with Crippen molar-refractivity contribution >= 4 is 44.8 Å². The summed E-state index contributed by atoms with van der Waals surface area (Å²) in [7, 11) is 0. The van der Waals surface area contributed by atoms with Crippen LogP contribution >= 0.6 is 27.3 Å². The van der Waals surface area contributed by atoms with Gasteiger partial charge in [0.2, 0.25) is 5.91 Å². The molecule has 7 heteroatoms. The highest BCUT2D eigenvalue weighted by molar-refractivity contribution is 9.10. The van der Waals surface area contributed by atoms with Gasteiger partial charge < -0.3 is 15.2 Å². The van der Waals surface area contributed by atoms with Gasteiger partial charge in [0.05, 0.1) is 11.6 Å². The first-order valence-corrected chi connectivity index (χ1v) is 7.83. The quantitative estimate of drug-likeness (QED) is 0.875. The summed E-state index contributed by atoms with van der Waals surface area (Å²) in [4.78, 5) is 26.8. The summed E-state index contributed by atoms with van der Waals surface area (Å²) in [6.45, 7) is 1.73. The number of amides is 1. The van der Waals surface area contributed by atoms with Gasteiger partial charge in [0.25, 0.3) is 0 Å². The van der Waals surface area contributed by atoms with Crippen LogP contribution in [0, 0.1) is 0 Å². The maximum Gasteiger partial charge on any atom is 0.234 e. The Morgan fingerprint density at radius 1 is 1.38 bits per heavy atom. The van der Waals surface area contributed by atoms with Crippen molar-refractivity contribution < 1.29 is 14.7 Å². The summed E-state index contributed by atoms with van der Waals surface area (Å²) >= 11 is 4.60. The van der Waals surface area contributed by atoms with Gasteiger partial charge in [-0.2, -0.15) is 0 Å². The monoisotopic (exact) mass is 367 g/mol. The molecule has 0 aliphatic rings. The van der Waals surface area contributed by atoms with E-state index in [2.05, 4.69) is 26.2 Å². The molecule has 1 aromatic heterocycles. The molecule has 1 aromatic carbocycles. The molecular weight excluding hydrogens is 356 g/mol. The van der Waals surface area contributed by atoms with Crippen molar-refractivity contribution in [2.24, 2.45) is 0 Å². The van der Waals surface area contributed by atoms with Crippen LogP contribution in [0.3, 0.4) is 0 Å². The van der Waals surface area contributed by atoms with Crippen molar-refractivity contribution in [2.45, 2.75) is 19.3 Å². The number of hydrogen-bond acceptors (Lipinski definition) is 5. The van der Waals surface area contributed by atoms with Gasteiger partial charge in [0.15, 0.2) is 0 Å². The minimum atomic E-state index is -1.18. The number of benzene rings is 1. The van der Waals surface area contributed by atoms with Gasteiger partial charge in [0, 0.05) is 27.9 Å². The Kier molecular flexibility index (Phi) is 5.08. The van der Waals surface area contributed by atoms with Crippen LogP contribution < -0.4 is 10.4 Å². The highest BCUT2D eigenvalue weighted by atomic mass is 79.9. The second-order valence-electron chi connectivity index (χ2n) is 4.44. The predicted octanol–water partition coefficient (Wildman–Crippen LogP) is 1.94. The molecule has 1 atom stereocenters. The number of aromatic nitrogens is 1. The highest BCUT2D eigenvalue weighted by Gasteiger charge is 2.19. The normalized spacial score (nSPS) is 11.9. The third-order valence-electron chi connectivity index (χ3n) is 2.77. The van der Waals surface area contributed by atoms with E-state index in [1.54, 1.807) is 24.4 Å². The van der Waals surface area contributed by atoms with Crippen LogP contribution in [-0.2, 0) is 16.0 Å². The fraction of sp³-hybridized carbons (Fsp3) is 0.214. The van der Waals surface area contributed by atoms with Crippen LogP contribution in [0.25, 0.3) is 0 Å². The summed E-state index contributed by atoms with van der Waals surface area (Å²) in [6.07, 6.45) is -0.239. The third-order valence-corrected chi connectivity index (χ3v) is 4.38. The van der Waals surface area contributed by atoms with E-state index in [0.717, 1.165) is 4.47 Å². The molecule has 5 nitrogen and oxygen atoms in total. The number of hydrogen-bond donors (Lipinski definition) is 1. The summed E-state index contributed by atoms with van der Waals surface area (Å²) in [5, 5.41) is 15.5. The van der Waals surface area contributed by atoms with Crippen LogP contribution in [0.5, 0.6) is 0 Å². The van der Waals surface area contributed by atoms with E-state index in [9.17, 15) is 14.7 Å². The minimum Gasteiger partial charge on any atom is -0.550 e. The molecule has 0 saturated carbocycles. The maximum atomic E-state index is 12.1. The molecule has 0 fully saturated rings. The van der Waals surface area contributed by atoms with Crippen LogP contribution in [0.1, 0.15) is 23.5 Å². The second-order valence-corrected chi connectivity index (χ2v) is 6.25. The lowest BCUT2D eigenvalue weighted by Crippen LogP contribution is -2.24. The molecular formula is C14H12BrN2O3S-. The van der Waals surface area contributed by atoms with Gasteiger partial charge in [-0.15, -0.1) is 11.3 Å². The van der Waals surface area contributed by atoms with Crippen LogP contribution in [0.4, 0.5) is 5.69 Å². The Labute approximate surface area is 134 Å². The molecule has 110 valence electrons. The van der Waals surface area contributed by atoms with Crippen molar-refractivity contribution in [3.63, 3.8) is 0 Å². The number of carboxylic acids is 1. The molecule has 0 radical (unpaired) electrons. The zero-order chi connectivity index (χ0) is 15.4. The number of nitrogens with one attached hydrogen (secondary N) is 1. The van der Waals surface area contributed by atoms with E-state index in [1.807, 2.05) is 12.1 Å². The van der Waals surface area contributed by atoms with Gasteiger partial charge in [-0.3, -0.25) is 4.79 Å².